The van der Waals surface area contributed by atoms with Gasteiger partial charge in [0.1, 0.15) is 5.75 Å². The van der Waals surface area contributed by atoms with Crippen LogP contribution in [0.2, 0.25) is 0 Å². The Morgan fingerprint density at radius 1 is 1.32 bits per heavy atom. The Morgan fingerprint density at radius 2 is 1.96 bits per heavy atom. The van der Waals surface area contributed by atoms with Gasteiger partial charge in [-0.25, -0.2) is 0 Å². The number of carbonyl (C=O) groups is 1. The molecule has 1 aromatic rings. The van der Waals surface area contributed by atoms with Crippen molar-refractivity contribution in [2.24, 2.45) is 5.10 Å². The number of amides is 1. The number of carbonyl (C=O) groups excluding carboxylic acids is 1. The van der Waals surface area contributed by atoms with E-state index in [-0.39, 0.29) is 18.6 Å². The van der Waals surface area contributed by atoms with Gasteiger partial charge in [-0.05, 0) is 55.9 Å². The lowest BCUT2D eigenvalue weighted by atomic mass is 10.1. The zero-order chi connectivity index (χ0) is 18.8. The van der Waals surface area contributed by atoms with E-state index in [1.165, 1.54) is 4.90 Å². The first-order valence-corrected chi connectivity index (χ1v) is 8.27. The Morgan fingerprint density at radius 3 is 2.52 bits per heavy atom. The Balaban J connectivity index is 2.54. The van der Waals surface area contributed by atoms with Crippen molar-refractivity contribution >= 4 is 28.9 Å². The van der Waals surface area contributed by atoms with E-state index in [9.17, 15) is 4.79 Å². The number of nitrogens with one attached hydrogen (secondary N) is 2. The molecule has 0 aliphatic heterocycles. The molecular weight excluding hydrogens is 340 g/mol. The third-order valence-electron chi connectivity index (χ3n) is 3.25. The van der Waals surface area contributed by atoms with E-state index in [4.69, 9.17) is 21.7 Å². The van der Waals surface area contributed by atoms with E-state index >= 15 is 0 Å². The van der Waals surface area contributed by atoms with Crippen LogP contribution >= 0.6 is 12.2 Å². The molecule has 0 aliphatic rings. The minimum absolute atomic E-state index is 0.0145. The summed E-state index contributed by atoms with van der Waals surface area (Å²) in [6.45, 7) is 4.41. The first kappa shape index (κ1) is 20.9. The Bertz CT molecular complexity index is 602. The van der Waals surface area contributed by atoms with Gasteiger partial charge in [0.25, 0.3) is 5.91 Å². The first-order chi connectivity index (χ1) is 11.8. The molecule has 0 unspecified atom stereocenters. The molecule has 1 amide bonds. The van der Waals surface area contributed by atoms with Crippen LogP contribution in [-0.4, -0.2) is 62.1 Å². The average Bonchev–Trinajstić information content (AvgIpc) is 2.58. The molecule has 0 saturated carbocycles. The van der Waals surface area contributed by atoms with Crippen molar-refractivity contribution in [1.29, 1.82) is 0 Å². The van der Waals surface area contributed by atoms with Gasteiger partial charge in [0.05, 0.1) is 12.3 Å². The summed E-state index contributed by atoms with van der Waals surface area (Å²) in [6, 6.07) is 7.45. The van der Waals surface area contributed by atoms with Gasteiger partial charge in [0, 0.05) is 27.2 Å². The molecule has 25 heavy (non-hydrogen) atoms. The number of thiocarbonyl (C=S) groups is 1. The smallest absolute Gasteiger partial charge is 0.259 e. The second kappa shape index (κ2) is 10.6. The van der Waals surface area contributed by atoms with Crippen molar-refractivity contribution in [2.45, 2.75) is 19.9 Å². The summed E-state index contributed by atoms with van der Waals surface area (Å²) in [5.74, 6) is 0.542. The predicted molar refractivity (Wildman–Crippen MR) is 103 cm³/mol. The number of ether oxygens (including phenoxy) is 2. The van der Waals surface area contributed by atoms with Gasteiger partial charge in [0.2, 0.25) is 0 Å². The van der Waals surface area contributed by atoms with Gasteiger partial charge in [-0.1, -0.05) is 0 Å². The Kier molecular flexibility index (Phi) is 8.87. The summed E-state index contributed by atoms with van der Waals surface area (Å²) in [4.78, 5) is 13.0. The Hall–Kier alpha value is -2.19. The quantitative estimate of drug-likeness (QED) is 0.411. The molecule has 7 nitrogen and oxygen atoms in total. The molecule has 2 N–H and O–H groups in total. The summed E-state index contributed by atoms with van der Waals surface area (Å²) in [7, 11) is 5.02. The molecule has 1 aromatic carbocycles. The molecule has 0 heterocycles. The van der Waals surface area contributed by atoms with Crippen molar-refractivity contribution in [3.8, 4) is 5.75 Å². The molecular formula is C17H26N4O3S. The number of rotatable bonds is 8. The van der Waals surface area contributed by atoms with Crippen molar-refractivity contribution < 1.29 is 14.3 Å². The van der Waals surface area contributed by atoms with Crippen molar-refractivity contribution in [3.05, 3.63) is 29.8 Å². The minimum Gasteiger partial charge on any atom is -0.484 e. The summed E-state index contributed by atoms with van der Waals surface area (Å²) in [6.07, 6.45) is 0. The molecule has 8 heteroatoms. The molecule has 0 aromatic heterocycles. The normalized spacial score (nSPS) is 12.3. The van der Waals surface area contributed by atoms with Crippen LogP contribution in [0, 0.1) is 0 Å². The van der Waals surface area contributed by atoms with E-state index in [1.54, 1.807) is 33.3 Å². The highest BCUT2D eigenvalue weighted by molar-refractivity contribution is 7.80. The van der Waals surface area contributed by atoms with Crippen LogP contribution in [0.3, 0.4) is 0 Å². The van der Waals surface area contributed by atoms with E-state index in [0.717, 1.165) is 11.3 Å². The van der Waals surface area contributed by atoms with Crippen molar-refractivity contribution in [1.82, 2.24) is 15.6 Å². The molecule has 0 spiro atoms. The number of hydrogen-bond donors (Lipinski definition) is 2. The lowest BCUT2D eigenvalue weighted by Gasteiger charge is -2.14. The molecule has 0 bridgehead atoms. The minimum atomic E-state index is -0.0882. The van der Waals surface area contributed by atoms with Crippen LogP contribution < -0.4 is 15.5 Å². The molecule has 138 valence electrons. The lowest BCUT2D eigenvalue weighted by molar-refractivity contribution is -0.130. The standard InChI is InChI=1S/C17H26N4O3S/c1-12(10-23-5)18-17(25)20-19-13(2)14-6-8-15(9-7-14)24-11-16(22)21(3)4/h6-9,12H,10-11H2,1-5H3,(H2,18,20,25)/b19-13-/t12-/m1/s1. The van der Waals surface area contributed by atoms with E-state index in [1.807, 2.05) is 26.0 Å². The second-order valence-electron chi connectivity index (χ2n) is 5.74. The van der Waals surface area contributed by atoms with Crippen molar-refractivity contribution in [3.63, 3.8) is 0 Å². The number of nitrogens with zero attached hydrogens (tertiary/aromatic N) is 2. The molecule has 0 aliphatic carbocycles. The number of likely N-dealkylation sites (N-methyl/N-ethyl adjacent to an activating group) is 1. The van der Waals surface area contributed by atoms with Crippen LogP contribution in [-0.2, 0) is 9.53 Å². The van der Waals surface area contributed by atoms with E-state index in [2.05, 4.69) is 15.8 Å². The molecule has 0 radical (unpaired) electrons. The zero-order valence-corrected chi connectivity index (χ0v) is 16.1. The van der Waals surface area contributed by atoms with Gasteiger partial charge in [-0.2, -0.15) is 5.10 Å². The predicted octanol–water partition coefficient (Wildman–Crippen LogP) is 1.38. The maximum atomic E-state index is 11.5. The van der Waals surface area contributed by atoms with Gasteiger partial charge in [0.15, 0.2) is 11.7 Å². The number of benzene rings is 1. The average molecular weight is 366 g/mol. The highest BCUT2D eigenvalue weighted by Crippen LogP contribution is 2.13. The second-order valence-corrected chi connectivity index (χ2v) is 6.15. The number of methoxy groups -OCH3 is 1. The van der Waals surface area contributed by atoms with Crippen LogP contribution in [0.15, 0.2) is 29.4 Å². The number of hydrogen-bond acceptors (Lipinski definition) is 5. The maximum absolute atomic E-state index is 11.5. The third kappa shape index (κ3) is 7.95. The summed E-state index contributed by atoms with van der Waals surface area (Å²) < 4.78 is 10.5. The van der Waals surface area contributed by atoms with Gasteiger partial charge in [-0.15, -0.1) is 0 Å². The monoisotopic (exact) mass is 366 g/mol. The first-order valence-electron chi connectivity index (χ1n) is 7.86. The number of hydrazone groups is 1. The fourth-order valence-corrected chi connectivity index (χ4v) is 2.06. The lowest BCUT2D eigenvalue weighted by Crippen LogP contribution is -2.40. The fraction of sp³-hybridized carbons (Fsp3) is 0.471. The van der Waals surface area contributed by atoms with Crippen LogP contribution in [0.1, 0.15) is 19.4 Å². The summed E-state index contributed by atoms with van der Waals surface area (Å²) >= 11 is 5.17. The van der Waals surface area contributed by atoms with E-state index in [0.29, 0.717) is 17.5 Å². The molecule has 0 fully saturated rings. The highest BCUT2D eigenvalue weighted by atomic mass is 32.1. The largest absolute Gasteiger partial charge is 0.484 e. The Labute approximate surface area is 154 Å². The third-order valence-corrected chi connectivity index (χ3v) is 3.46. The van der Waals surface area contributed by atoms with Crippen molar-refractivity contribution in [2.75, 3.05) is 34.4 Å². The highest BCUT2D eigenvalue weighted by Gasteiger charge is 2.06. The van der Waals surface area contributed by atoms with Gasteiger partial charge >= 0.3 is 0 Å². The van der Waals surface area contributed by atoms with Gasteiger partial charge < -0.3 is 19.7 Å². The summed E-state index contributed by atoms with van der Waals surface area (Å²) in [5.41, 5.74) is 4.51. The van der Waals surface area contributed by atoms with Gasteiger partial charge in [-0.3, -0.25) is 10.2 Å². The maximum Gasteiger partial charge on any atom is 0.259 e. The fourth-order valence-electron chi connectivity index (χ4n) is 1.81. The molecule has 0 saturated heterocycles. The molecule has 1 rings (SSSR count). The SMILES string of the molecule is COC[C@@H](C)NC(=S)N/N=C(/C)c1ccc(OCC(=O)N(C)C)cc1. The zero-order valence-electron chi connectivity index (χ0n) is 15.3. The van der Waals surface area contributed by atoms with Crippen LogP contribution in [0.5, 0.6) is 5.75 Å². The summed E-state index contributed by atoms with van der Waals surface area (Å²) in [5, 5.41) is 7.76. The van der Waals surface area contributed by atoms with Crippen LogP contribution in [0.4, 0.5) is 0 Å². The van der Waals surface area contributed by atoms with E-state index < -0.39 is 0 Å². The topological polar surface area (TPSA) is 75.2 Å². The molecule has 1 atom stereocenters. The van der Waals surface area contributed by atoms with Crippen LogP contribution in [0.25, 0.3) is 0 Å².